The Hall–Kier alpha value is -2.37. The summed E-state index contributed by atoms with van der Waals surface area (Å²) in [6, 6.07) is 5.28. The molecule has 2 aliphatic rings. The van der Waals surface area contributed by atoms with Crippen LogP contribution in [0.3, 0.4) is 0 Å². The molecule has 0 spiro atoms. The number of hydrogen-bond acceptors (Lipinski definition) is 4. The van der Waals surface area contributed by atoms with Gasteiger partial charge >= 0.3 is 5.97 Å². The first-order valence-corrected chi connectivity index (χ1v) is 10.6. The van der Waals surface area contributed by atoms with E-state index in [0.717, 1.165) is 41.5 Å². The molecule has 4 rings (SSSR count). The predicted molar refractivity (Wildman–Crippen MR) is 115 cm³/mol. The molecule has 0 aliphatic heterocycles. The zero-order valence-corrected chi connectivity index (χ0v) is 18.0. The van der Waals surface area contributed by atoms with Gasteiger partial charge in [-0.1, -0.05) is 30.1 Å². The maximum Gasteiger partial charge on any atom is 0.345 e. The van der Waals surface area contributed by atoms with Gasteiger partial charge in [0.15, 0.2) is 11.9 Å². The van der Waals surface area contributed by atoms with Crippen molar-refractivity contribution < 1.29 is 19.4 Å². The Morgan fingerprint density at radius 3 is 2.70 bits per heavy atom. The summed E-state index contributed by atoms with van der Waals surface area (Å²) in [5, 5.41) is 10.1. The van der Waals surface area contributed by atoms with Crippen LogP contribution in [0, 0.1) is 5.41 Å². The van der Waals surface area contributed by atoms with E-state index in [2.05, 4.69) is 11.9 Å². The van der Waals surface area contributed by atoms with Crippen LogP contribution in [0.2, 0.25) is 10.0 Å². The normalized spacial score (nSPS) is 20.9. The van der Waals surface area contributed by atoms with Gasteiger partial charge in [0.05, 0.1) is 5.02 Å². The average Bonchev–Trinajstić information content (AvgIpc) is 3.05. The molecular formula is C23H21Cl2NO4. The van der Waals surface area contributed by atoms with Crippen LogP contribution in [0.5, 0.6) is 5.75 Å². The largest absolute Gasteiger partial charge is 0.478 e. The van der Waals surface area contributed by atoms with Crippen LogP contribution in [-0.2, 0) is 22.4 Å². The van der Waals surface area contributed by atoms with Crippen molar-refractivity contribution in [1.82, 2.24) is 4.98 Å². The highest BCUT2D eigenvalue weighted by molar-refractivity contribution is 6.44. The fourth-order valence-electron chi connectivity index (χ4n) is 4.50. The van der Waals surface area contributed by atoms with Gasteiger partial charge < -0.3 is 9.84 Å². The predicted octanol–water partition coefficient (Wildman–Crippen LogP) is 5.16. The third kappa shape index (κ3) is 3.61. The number of fused-ring (bicyclic) bond motifs is 3. The van der Waals surface area contributed by atoms with Crippen LogP contribution in [0.25, 0.3) is 5.57 Å². The first-order chi connectivity index (χ1) is 14.3. The number of hydrogen-bond donors (Lipinski definition) is 1. The topological polar surface area (TPSA) is 76.5 Å². The van der Waals surface area contributed by atoms with Crippen LogP contribution in [0.4, 0.5) is 0 Å². The number of benzene rings is 1. The van der Waals surface area contributed by atoms with Gasteiger partial charge in [0, 0.05) is 36.2 Å². The monoisotopic (exact) mass is 445 g/mol. The minimum Gasteiger partial charge on any atom is -0.478 e. The maximum absolute atomic E-state index is 12.1. The molecule has 0 bridgehead atoms. The number of carbonyl (C=O) groups is 2. The molecule has 2 unspecified atom stereocenters. The molecule has 2 aliphatic carbocycles. The van der Waals surface area contributed by atoms with Gasteiger partial charge in [-0.3, -0.25) is 9.78 Å². The van der Waals surface area contributed by atoms with Gasteiger partial charge in [0.2, 0.25) is 0 Å². The highest BCUT2D eigenvalue weighted by Gasteiger charge is 2.45. The van der Waals surface area contributed by atoms with Crippen molar-refractivity contribution in [3.05, 3.63) is 63.4 Å². The number of pyridine rings is 1. The van der Waals surface area contributed by atoms with E-state index >= 15 is 0 Å². The number of rotatable bonds is 6. The number of carboxylic acid groups (broad SMARTS) is 1. The second kappa shape index (κ2) is 8.05. The molecule has 2 atom stereocenters. The molecule has 1 aromatic carbocycles. The van der Waals surface area contributed by atoms with Crippen molar-refractivity contribution in [1.29, 1.82) is 0 Å². The van der Waals surface area contributed by atoms with Gasteiger partial charge in [0.25, 0.3) is 0 Å². The Kier molecular flexibility index (Phi) is 5.60. The summed E-state index contributed by atoms with van der Waals surface area (Å²) in [7, 11) is 0. The number of ketones is 1. The van der Waals surface area contributed by atoms with Crippen LogP contribution in [-0.4, -0.2) is 27.9 Å². The summed E-state index contributed by atoms with van der Waals surface area (Å²) < 4.78 is 5.84. The molecule has 7 heteroatoms. The molecule has 1 N–H and O–H groups in total. The first-order valence-electron chi connectivity index (χ1n) is 9.89. The SMILES string of the molecule is CCC12CCC(=O)C=C1c1c(cc(OC(Cc3ccncc3)C(=O)O)c(Cl)c1Cl)C2. The molecule has 0 radical (unpaired) electrons. The molecule has 1 heterocycles. The zero-order chi connectivity index (χ0) is 21.5. The van der Waals surface area contributed by atoms with Gasteiger partial charge in [-0.05, 0) is 60.2 Å². The third-order valence-electron chi connectivity index (χ3n) is 6.17. The molecule has 0 saturated heterocycles. The van der Waals surface area contributed by atoms with Crippen LogP contribution >= 0.6 is 23.2 Å². The fraction of sp³-hybridized carbons (Fsp3) is 0.348. The van der Waals surface area contributed by atoms with E-state index < -0.39 is 12.1 Å². The van der Waals surface area contributed by atoms with E-state index in [-0.39, 0.29) is 28.4 Å². The van der Waals surface area contributed by atoms with E-state index in [1.165, 1.54) is 0 Å². The number of halogens is 2. The maximum atomic E-state index is 12.1. The van der Waals surface area contributed by atoms with Gasteiger partial charge in [-0.15, -0.1) is 0 Å². The van der Waals surface area contributed by atoms with Crippen LogP contribution in [0.15, 0.2) is 36.7 Å². The standard InChI is InChI=1S/C23H21Cl2NO4/c1-2-23-6-3-15(27)11-16(23)19-14(12-23)10-17(20(24)21(19)25)30-18(22(28)29)9-13-4-7-26-8-5-13/h4-5,7-8,10-11,18H,2-3,6,9,12H2,1H3,(H,28,29). The van der Waals surface area contributed by atoms with Gasteiger partial charge in [-0.25, -0.2) is 4.79 Å². The van der Waals surface area contributed by atoms with E-state index in [0.29, 0.717) is 11.4 Å². The fourth-order valence-corrected chi connectivity index (χ4v) is 5.01. The van der Waals surface area contributed by atoms with Gasteiger partial charge in [-0.2, -0.15) is 0 Å². The molecule has 2 aromatic rings. The summed E-state index contributed by atoms with van der Waals surface area (Å²) in [5.74, 6) is -0.747. The molecular weight excluding hydrogens is 425 g/mol. The minimum atomic E-state index is -1.12. The highest BCUT2D eigenvalue weighted by atomic mass is 35.5. The van der Waals surface area contributed by atoms with Gasteiger partial charge in [0.1, 0.15) is 10.8 Å². The first kappa shape index (κ1) is 20.9. The lowest BCUT2D eigenvalue weighted by molar-refractivity contribution is -0.145. The number of nitrogens with zero attached hydrogens (tertiary/aromatic N) is 1. The highest BCUT2D eigenvalue weighted by Crippen LogP contribution is 2.57. The second-order valence-electron chi connectivity index (χ2n) is 7.88. The summed E-state index contributed by atoms with van der Waals surface area (Å²) in [4.78, 5) is 27.8. The molecule has 0 saturated carbocycles. The lowest BCUT2D eigenvalue weighted by Crippen LogP contribution is -2.29. The molecule has 156 valence electrons. The summed E-state index contributed by atoms with van der Waals surface area (Å²) >= 11 is 13.1. The Balaban J connectivity index is 1.71. The van der Waals surface area contributed by atoms with E-state index in [4.69, 9.17) is 27.9 Å². The molecule has 0 amide bonds. The smallest absolute Gasteiger partial charge is 0.345 e. The minimum absolute atomic E-state index is 0.0951. The number of ether oxygens (including phenoxy) is 1. The molecule has 5 nitrogen and oxygen atoms in total. The Labute approximate surface area is 184 Å². The number of carboxylic acids is 1. The van der Waals surface area contributed by atoms with E-state index in [1.807, 2.05) is 0 Å². The quantitative estimate of drug-likeness (QED) is 0.663. The molecule has 0 fully saturated rings. The number of allylic oxidation sites excluding steroid dienone is 2. The zero-order valence-electron chi connectivity index (χ0n) is 16.5. The Morgan fingerprint density at radius 1 is 1.30 bits per heavy atom. The summed E-state index contributed by atoms with van der Waals surface area (Å²) in [6.45, 7) is 2.11. The number of aliphatic carboxylic acids is 1. The summed E-state index contributed by atoms with van der Waals surface area (Å²) in [6.07, 6.45) is 6.86. The van der Waals surface area contributed by atoms with Crippen LogP contribution in [0.1, 0.15) is 42.9 Å². The van der Waals surface area contributed by atoms with Crippen molar-refractivity contribution >= 4 is 40.5 Å². The Morgan fingerprint density at radius 2 is 2.03 bits per heavy atom. The van der Waals surface area contributed by atoms with Crippen LogP contribution < -0.4 is 4.74 Å². The van der Waals surface area contributed by atoms with Crippen molar-refractivity contribution in [3.63, 3.8) is 0 Å². The number of carbonyl (C=O) groups excluding carboxylic acids is 1. The lowest BCUT2D eigenvalue weighted by atomic mass is 9.71. The van der Waals surface area contributed by atoms with Crippen molar-refractivity contribution in [2.24, 2.45) is 5.41 Å². The van der Waals surface area contributed by atoms with Crippen molar-refractivity contribution in [2.75, 3.05) is 0 Å². The molecule has 1 aromatic heterocycles. The average molecular weight is 446 g/mol. The summed E-state index contributed by atoms with van der Waals surface area (Å²) in [5.41, 5.74) is 3.34. The Bertz CT molecular complexity index is 1050. The lowest BCUT2D eigenvalue weighted by Gasteiger charge is -2.32. The van der Waals surface area contributed by atoms with E-state index in [1.54, 1.807) is 36.7 Å². The third-order valence-corrected chi connectivity index (χ3v) is 7.02. The second-order valence-corrected chi connectivity index (χ2v) is 8.63. The molecule has 30 heavy (non-hydrogen) atoms. The van der Waals surface area contributed by atoms with Crippen molar-refractivity contribution in [2.45, 2.75) is 45.1 Å². The van der Waals surface area contributed by atoms with Crippen molar-refractivity contribution in [3.8, 4) is 5.75 Å². The van der Waals surface area contributed by atoms with E-state index in [9.17, 15) is 14.7 Å². The number of aromatic nitrogens is 1.